The maximum atomic E-state index is 5.69. The molecule has 27 heavy (non-hydrogen) atoms. The number of methoxy groups -OCH3 is 1. The first kappa shape index (κ1) is 20.4. The summed E-state index contributed by atoms with van der Waals surface area (Å²) in [6.07, 6.45) is 0. The highest BCUT2D eigenvalue weighted by Crippen LogP contribution is 2.32. The molecule has 0 N–H and O–H groups in total. The van der Waals surface area contributed by atoms with E-state index in [2.05, 4.69) is 93.2 Å². The average molecular weight is 414 g/mol. The SMILES string of the molecule is COc1ccc([C@H](C)n2c([Si](C)(C)C)pc3ccccc32)cc1[Si](C)(C)C. The Morgan fingerprint density at radius 1 is 0.926 bits per heavy atom. The van der Waals surface area contributed by atoms with Crippen molar-refractivity contribution in [1.29, 1.82) is 0 Å². The fourth-order valence-electron chi connectivity index (χ4n) is 3.69. The van der Waals surface area contributed by atoms with E-state index in [0.717, 1.165) is 5.75 Å². The molecule has 0 unspecified atom stereocenters. The van der Waals surface area contributed by atoms with Crippen molar-refractivity contribution in [3.8, 4) is 5.75 Å². The van der Waals surface area contributed by atoms with E-state index in [4.69, 9.17) is 4.74 Å². The molecule has 0 saturated carbocycles. The number of hydrogen-bond acceptors (Lipinski definition) is 1. The van der Waals surface area contributed by atoms with Gasteiger partial charge in [0.05, 0.1) is 26.7 Å². The summed E-state index contributed by atoms with van der Waals surface area (Å²) in [6.45, 7) is 16.9. The van der Waals surface area contributed by atoms with Crippen molar-refractivity contribution in [3.63, 3.8) is 0 Å². The van der Waals surface area contributed by atoms with Crippen molar-refractivity contribution >= 4 is 45.2 Å². The summed E-state index contributed by atoms with van der Waals surface area (Å²) >= 11 is 0. The monoisotopic (exact) mass is 413 g/mol. The van der Waals surface area contributed by atoms with Crippen molar-refractivity contribution in [2.24, 2.45) is 0 Å². The highest BCUT2D eigenvalue weighted by molar-refractivity contribution is 7.46. The van der Waals surface area contributed by atoms with E-state index < -0.39 is 16.1 Å². The zero-order chi connectivity index (χ0) is 20.0. The lowest BCUT2D eigenvalue weighted by Gasteiger charge is -2.27. The maximum Gasteiger partial charge on any atom is 0.118 e. The molecule has 0 fully saturated rings. The number of ether oxygens (including phenoxy) is 1. The minimum absolute atomic E-state index is 0.323. The molecule has 0 radical (unpaired) electrons. The molecule has 0 amide bonds. The van der Waals surface area contributed by atoms with Crippen LogP contribution in [-0.2, 0) is 0 Å². The fraction of sp³-hybridized carbons (Fsp3) is 0.409. The number of hydrogen-bond donors (Lipinski definition) is 0. The third-order valence-electron chi connectivity index (χ3n) is 5.17. The van der Waals surface area contributed by atoms with E-state index in [1.54, 1.807) is 12.2 Å². The Hall–Kier alpha value is -1.36. The summed E-state index contributed by atoms with van der Waals surface area (Å²) in [6, 6.07) is 16.1. The first-order valence-electron chi connectivity index (χ1n) is 9.70. The van der Waals surface area contributed by atoms with Crippen LogP contribution in [0.4, 0.5) is 0 Å². The summed E-state index contributed by atoms with van der Waals surface area (Å²) in [4.78, 5) is 0. The van der Waals surface area contributed by atoms with Crippen molar-refractivity contribution < 1.29 is 4.74 Å². The third-order valence-corrected chi connectivity index (χ3v) is 12.2. The second-order valence-corrected chi connectivity index (χ2v) is 21.0. The van der Waals surface area contributed by atoms with Crippen LogP contribution in [0.25, 0.3) is 10.6 Å². The Morgan fingerprint density at radius 3 is 2.19 bits per heavy atom. The standard InChI is InChI=1S/C22H32NOPSi2/c1-16(17-13-14-19(24-2)21(15-17)26(3,4)5)23-18-11-9-10-12-20(18)25-22(23)27(6,7)8/h9-16H,1-8H3/t16-/m0/s1. The van der Waals surface area contributed by atoms with E-state index in [0.29, 0.717) is 6.04 Å². The Balaban J connectivity index is 2.21. The van der Waals surface area contributed by atoms with Crippen LogP contribution in [0.2, 0.25) is 39.3 Å². The highest BCUT2D eigenvalue weighted by Gasteiger charge is 2.28. The predicted molar refractivity (Wildman–Crippen MR) is 127 cm³/mol. The van der Waals surface area contributed by atoms with Crippen LogP contribution in [-0.4, -0.2) is 27.8 Å². The van der Waals surface area contributed by atoms with Gasteiger partial charge in [0, 0.05) is 10.2 Å². The summed E-state index contributed by atoms with van der Waals surface area (Å²) in [5.41, 5.74) is 2.77. The van der Waals surface area contributed by atoms with Gasteiger partial charge in [0.15, 0.2) is 0 Å². The molecule has 0 bridgehead atoms. The van der Waals surface area contributed by atoms with E-state index >= 15 is 0 Å². The van der Waals surface area contributed by atoms with Gasteiger partial charge in [-0.2, -0.15) is 0 Å². The smallest absolute Gasteiger partial charge is 0.118 e. The molecule has 1 heterocycles. The summed E-state index contributed by atoms with van der Waals surface area (Å²) < 4.78 is 8.31. The van der Waals surface area contributed by atoms with Crippen molar-refractivity contribution in [2.45, 2.75) is 52.2 Å². The summed E-state index contributed by atoms with van der Waals surface area (Å²) in [5, 5.41) is 4.47. The van der Waals surface area contributed by atoms with Crippen LogP contribution in [0, 0.1) is 0 Å². The normalized spacial score (nSPS) is 14.1. The zero-order valence-corrected chi connectivity index (χ0v) is 20.8. The average Bonchev–Trinajstić information content (AvgIpc) is 2.99. The molecule has 0 spiro atoms. The van der Waals surface area contributed by atoms with Gasteiger partial charge >= 0.3 is 0 Å². The second kappa shape index (κ2) is 7.23. The van der Waals surface area contributed by atoms with Gasteiger partial charge in [0.1, 0.15) is 13.8 Å². The first-order chi connectivity index (χ1) is 12.5. The van der Waals surface area contributed by atoms with E-state index in [1.165, 1.54) is 29.6 Å². The fourth-order valence-corrected chi connectivity index (χ4v) is 9.02. The van der Waals surface area contributed by atoms with Gasteiger partial charge in [-0.05, 0) is 44.1 Å². The molecule has 0 saturated heterocycles. The maximum absolute atomic E-state index is 5.69. The van der Waals surface area contributed by atoms with Crippen molar-refractivity contribution in [1.82, 2.24) is 4.57 Å². The number of aromatic nitrogens is 1. The number of rotatable bonds is 5. The molecule has 144 valence electrons. The molecule has 3 aromatic rings. The van der Waals surface area contributed by atoms with Crippen LogP contribution >= 0.6 is 8.19 Å². The lowest BCUT2D eigenvalue weighted by Crippen LogP contribution is -2.42. The Bertz CT molecular complexity index is 967. The number of benzene rings is 2. The molecule has 0 aliphatic carbocycles. The molecule has 3 rings (SSSR count). The van der Waals surface area contributed by atoms with Gasteiger partial charge in [0.25, 0.3) is 0 Å². The Morgan fingerprint density at radius 2 is 1.59 bits per heavy atom. The quantitative estimate of drug-likeness (QED) is 0.473. The van der Waals surface area contributed by atoms with Crippen LogP contribution in [0.15, 0.2) is 42.5 Å². The number of para-hydroxylation sites is 1. The lowest BCUT2D eigenvalue weighted by atomic mass is 10.1. The minimum atomic E-state index is -1.48. The van der Waals surface area contributed by atoms with E-state index in [9.17, 15) is 0 Å². The van der Waals surface area contributed by atoms with Gasteiger partial charge < -0.3 is 9.30 Å². The second-order valence-electron chi connectivity index (χ2n) is 9.43. The number of fused-ring (bicyclic) bond motifs is 1. The molecule has 0 aliphatic rings. The molecular weight excluding hydrogens is 381 g/mol. The van der Waals surface area contributed by atoms with E-state index in [1.807, 2.05) is 0 Å². The van der Waals surface area contributed by atoms with Gasteiger partial charge in [0.2, 0.25) is 0 Å². The minimum Gasteiger partial charge on any atom is -0.497 e. The molecule has 0 aliphatic heterocycles. The van der Waals surface area contributed by atoms with Gasteiger partial charge in [-0.15, -0.1) is 0 Å². The van der Waals surface area contributed by atoms with Crippen molar-refractivity contribution in [3.05, 3.63) is 48.0 Å². The largest absolute Gasteiger partial charge is 0.497 e. The molecule has 2 nitrogen and oxygen atoms in total. The zero-order valence-electron chi connectivity index (χ0n) is 17.9. The highest BCUT2D eigenvalue weighted by atomic mass is 31.0. The Labute approximate surface area is 167 Å². The molecule has 1 atom stereocenters. The van der Waals surface area contributed by atoms with E-state index in [-0.39, 0.29) is 0 Å². The molecule has 1 aromatic heterocycles. The van der Waals surface area contributed by atoms with Gasteiger partial charge in [-0.3, -0.25) is 0 Å². The summed E-state index contributed by atoms with van der Waals surface area (Å²) in [5.74, 6) is 1.04. The van der Waals surface area contributed by atoms with Crippen LogP contribution < -0.4 is 15.0 Å². The van der Waals surface area contributed by atoms with Crippen LogP contribution in [0.5, 0.6) is 5.75 Å². The summed E-state index contributed by atoms with van der Waals surface area (Å²) in [7, 11) is 0.264. The molecule has 2 aromatic carbocycles. The lowest BCUT2D eigenvalue weighted by molar-refractivity contribution is 0.417. The van der Waals surface area contributed by atoms with Crippen LogP contribution in [0.1, 0.15) is 18.5 Å². The van der Waals surface area contributed by atoms with Gasteiger partial charge in [-0.25, -0.2) is 0 Å². The topological polar surface area (TPSA) is 14.2 Å². The molecule has 5 heteroatoms. The number of nitrogens with zero attached hydrogens (tertiary/aromatic N) is 1. The van der Waals surface area contributed by atoms with Gasteiger partial charge in [-0.1, -0.05) is 63.5 Å². The predicted octanol–water partition coefficient (Wildman–Crippen LogP) is 5.93. The first-order valence-corrected chi connectivity index (χ1v) is 17.6. The third kappa shape index (κ3) is 3.94. The van der Waals surface area contributed by atoms with Crippen LogP contribution in [0.3, 0.4) is 0 Å². The Kier molecular flexibility index (Phi) is 5.46. The van der Waals surface area contributed by atoms with Crippen molar-refractivity contribution in [2.75, 3.05) is 7.11 Å². The molecular formula is C22H32NOPSi2.